The first-order valence-electron chi connectivity index (χ1n) is 7.31. The fraction of sp³-hybridized carbons (Fsp3) is 0.0526. The quantitative estimate of drug-likeness (QED) is 0.664. The van der Waals surface area contributed by atoms with Crippen molar-refractivity contribution in [3.8, 4) is 17.3 Å². The SMILES string of the molecule is Cc1ccc(N/C=C(/C#N)c2nc(-c3ccccc3)cs2)cc1F. The molecule has 24 heavy (non-hydrogen) atoms. The van der Waals surface area contributed by atoms with Crippen LogP contribution in [0.1, 0.15) is 10.6 Å². The summed E-state index contributed by atoms with van der Waals surface area (Å²) >= 11 is 1.40. The van der Waals surface area contributed by atoms with Crippen molar-refractivity contribution in [2.75, 3.05) is 5.32 Å². The Hall–Kier alpha value is -2.97. The Morgan fingerprint density at radius 3 is 2.75 bits per heavy atom. The number of rotatable bonds is 4. The van der Waals surface area contributed by atoms with Crippen LogP contribution in [0.3, 0.4) is 0 Å². The molecular formula is C19H14FN3S. The summed E-state index contributed by atoms with van der Waals surface area (Å²) < 4.78 is 13.6. The van der Waals surface area contributed by atoms with Crippen molar-refractivity contribution in [2.45, 2.75) is 6.92 Å². The van der Waals surface area contributed by atoms with E-state index in [0.717, 1.165) is 11.3 Å². The van der Waals surface area contributed by atoms with Gasteiger partial charge in [-0.1, -0.05) is 36.4 Å². The van der Waals surface area contributed by atoms with E-state index in [1.165, 1.54) is 17.4 Å². The number of nitrogens with one attached hydrogen (secondary N) is 1. The molecule has 118 valence electrons. The fourth-order valence-electron chi connectivity index (χ4n) is 2.12. The van der Waals surface area contributed by atoms with Gasteiger partial charge in [-0.05, 0) is 24.6 Å². The summed E-state index contributed by atoms with van der Waals surface area (Å²) in [5.74, 6) is -0.285. The Balaban J connectivity index is 1.82. The molecule has 0 spiro atoms. The van der Waals surface area contributed by atoms with Crippen LogP contribution in [0.5, 0.6) is 0 Å². The smallest absolute Gasteiger partial charge is 0.136 e. The zero-order chi connectivity index (χ0) is 16.9. The maximum Gasteiger partial charge on any atom is 0.136 e. The van der Waals surface area contributed by atoms with E-state index in [1.807, 2.05) is 35.7 Å². The highest BCUT2D eigenvalue weighted by molar-refractivity contribution is 7.11. The first-order valence-corrected chi connectivity index (χ1v) is 8.19. The molecule has 0 saturated heterocycles. The molecule has 0 aliphatic rings. The van der Waals surface area contributed by atoms with Gasteiger partial charge >= 0.3 is 0 Å². The van der Waals surface area contributed by atoms with Crippen LogP contribution in [-0.4, -0.2) is 4.98 Å². The van der Waals surface area contributed by atoms with Crippen LogP contribution in [0.25, 0.3) is 16.8 Å². The van der Waals surface area contributed by atoms with Crippen LogP contribution in [0.4, 0.5) is 10.1 Å². The summed E-state index contributed by atoms with van der Waals surface area (Å²) in [7, 11) is 0. The average molecular weight is 335 g/mol. The van der Waals surface area contributed by atoms with Gasteiger partial charge in [0.2, 0.25) is 0 Å². The summed E-state index contributed by atoms with van der Waals surface area (Å²) in [5.41, 5.74) is 3.41. The lowest BCUT2D eigenvalue weighted by molar-refractivity contribution is 0.619. The number of halogens is 1. The van der Waals surface area contributed by atoms with Crippen molar-refractivity contribution < 1.29 is 4.39 Å². The van der Waals surface area contributed by atoms with Gasteiger partial charge in [0.15, 0.2) is 0 Å². The molecule has 3 rings (SSSR count). The van der Waals surface area contributed by atoms with Crippen LogP contribution in [-0.2, 0) is 0 Å². The summed E-state index contributed by atoms with van der Waals surface area (Å²) in [5, 5.41) is 14.9. The maximum atomic E-state index is 13.6. The van der Waals surface area contributed by atoms with E-state index in [2.05, 4.69) is 16.4 Å². The maximum absolute atomic E-state index is 13.6. The second-order valence-corrected chi connectivity index (χ2v) is 6.04. The molecule has 1 N–H and O–H groups in total. The lowest BCUT2D eigenvalue weighted by Gasteiger charge is -2.03. The minimum atomic E-state index is -0.285. The number of thiazole rings is 1. The summed E-state index contributed by atoms with van der Waals surface area (Å²) in [6.07, 6.45) is 1.55. The minimum Gasteiger partial charge on any atom is -0.360 e. The summed E-state index contributed by atoms with van der Waals surface area (Å²) in [6.45, 7) is 1.70. The van der Waals surface area contributed by atoms with E-state index < -0.39 is 0 Å². The van der Waals surface area contributed by atoms with Crippen molar-refractivity contribution in [3.63, 3.8) is 0 Å². The number of nitrogens with zero attached hydrogens (tertiary/aromatic N) is 2. The number of allylic oxidation sites excluding steroid dienone is 1. The van der Waals surface area contributed by atoms with E-state index in [1.54, 1.807) is 25.3 Å². The molecule has 0 aliphatic heterocycles. The minimum absolute atomic E-state index is 0.285. The average Bonchev–Trinajstić information content (AvgIpc) is 3.09. The molecule has 0 unspecified atom stereocenters. The normalized spacial score (nSPS) is 11.1. The van der Waals surface area contributed by atoms with Gasteiger partial charge in [0.25, 0.3) is 0 Å². The number of hydrogen-bond acceptors (Lipinski definition) is 4. The summed E-state index contributed by atoms with van der Waals surface area (Å²) in [4.78, 5) is 4.51. The van der Waals surface area contributed by atoms with Crippen LogP contribution in [0.2, 0.25) is 0 Å². The van der Waals surface area contributed by atoms with E-state index >= 15 is 0 Å². The van der Waals surface area contributed by atoms with Crippen LogP contribution in [0.15, 0.2) is 60.1 Å². The van der Waals surface area contributed by atoms with E-state index in [0.29, 0.717) is 21.8 Å². The van der Waals surface area contributed by atoms with Gasteiger partial charge in [-0.15, -0.1) is 11.3 Å². The molecular weight excluding hydrogens is 321 g/mol. The Morgan fingerprint density at radius 2 is 2.04 bits per heavy atom. The second kappa shape index (κ2) is 7.07. The van der Waals surface area contributed by atoms with Gasteiger partial charge in [-0.3, -0.25) is 0 Å². The Kier molecular flexibility index (Phi) is 4.69. The van der Waals surface area contributed by atoms with Gasteiger partial charge in [-0.25, -0.2) is 9.37 Å². The molecule has 0 saturated carbocycles. The molecule has 5 heteroatoms. The topological polar surface area (TPSA) is 48.7 Å². The molecule has 0 aliphatic carbocycles. The number of benzene rings is 2. The van der Waals surface area contributed by atoms with E-state index in [9.17, 15) is 9.65 Å². The third kappa shape index (κ3) is 3.50. The van der Waals surface area contributed by atoms with Crippen molar-refractivity contribution in [3.05, 3.63) is 76.5 Å². The van der Waals surface area contributed by atoms with Crippen LogP contribution >= 0.6 is 11.3 Å². The molecule has 3 aromatic rings. The Morgan fingerprint density at radius 1 is 1.25 bits per heavy atom. The van der Waals surface area contributed by atoms with Crippen LogP contribution in [0, 0.1) is 24.1 Å². The predicted molar refractivity (Wildman–Crippen MR) is 95.9 cm³/mol. The predicted octanol–water partition coefficient (Wildman–Crippen LogP) is 5.23. The van der Waals surface area contributed by atoms with Crippen molar-refractivity contribution in [1.82, 2.24) is 4.98 Å². The van der Waals surface area contributed by atoms with Gasteiger partial charge in [0.05, 0.1) is 5.69 Å². The molecule has 3 nitrogen and oxygen atoms in total. The van der Waals surface area contributed by atoms with Crippen LogP contribution < -0.4 is 5.32 Å². The third-order valence-corrected chi connectivity index (χ3v) is 4.36. The standard InChI is InChI=1S/C19H14FN3S/c1-13-7-8-16(9-17(13)20)22-11-15(10-21)19-23-18(12-24-19)14-5-3-2-4-6-14/h2-9,11-12,22H,1H3/b15-11-. The molecule has 1 aromatic heterocycles. The molecule has 1 heterocycles. The number of nitriles is 1. The molecule has 0 atom stereocenters. The van der Waals surface area contributed by atoms with Gasteiger partial charge < -0.3 is 5.32 Å². The van der Waals surface area contributed by atoms with Crippen molar-refractivity contribution in [2.24, 2.45) is 0 Å². The number of hydrogen-bond donors (Lipinski definition) is 1. The van der Waals surface area contributed by atoms with E-state index in [4.69, 9.17) is 0 Å². The van der Waals surface area contributed by atoms with Crippen molar-refractivity contribution >= 4 is 22.6 Å². The van der Waals surface area contributed by atoms with Gasteiger partial charge in [0.1, 0.15) is 22.5 Å². The molecule has 0 fully saturated rings. The highest BCUT2D eigenvalue weighted by Crippen LogP contribution is 2.26. The zero-order valence-electron chi connectivity index (χ0n) is 13.0. The third-order valence-electron chi connectivity index (χ3n) is 3.48. The second-order valence-electron chi connectivity index (χ2n) is 5.18. The lowest BCUT2D eigenvalue weighted by Crippen LogP contribution is -1.93. The number of aromatic nitrogens is 1. The molecule has 0 bridgehead atoms. The monoisotopic (exact) mass is 335 g/mol. The van der Waals surface area contributed by atoms with Gasteiger partial charge in [0, 0.05) is 22.8 Å². The zero-order valence-corrected chi connectivity index (χ0v) is 13.8. The first kappa shape index (κ1) is 15.9. The fourth-order valence-corrected chi connectivity index (χ4v) is 2.91. The van der Waals surface area contributed by atoms with E-state index in [-0.39, 0.29) is 5.82 Å². The van der Waals surface area contributed by atoms with Crippen molar-refractivity contribution in [1.29, 1.82) is 5.26 Å². The lowest BCUT2D eigenvalue weighted by atomic mass is 10.2. The number of aryl methyl sites for hydroxylation is 1. The number of anilines is 1. The largest absolute Gasteiger partial charge is 0.360 e. The molecule has 0 amide bonds. The van der Waals surface area contributed by atoms with Gasteiger partial charge in [-0.2, -0.15) is 5.26 Å². The highest BCUT2D eigenvalue weighted by atomic mass is 32.1. The Labute approximate surface area is 143 Å². The molecule has 0 radical (unpaired) electrons. The first-order chi connectivity index (χ1) is 11.7. The highest BCUT2D eigenvalue weighted by Gasteiger charge is 2.09. The molecule has 2 aromatic carbocycles. The summed E-state index contributed by atoms with van der Waals surface area (Å²) in [6, 6.07) is 16.8. The Bertz CT molecular complexity index is 923.